The molecule has 0 aromatic heterocycles. The fraction of sp³-hybridized carbons (Fsp3) is 0.909. The monoisotopic (exact) mass is 201 g/mol. The van der Waals surface area contributed by atoms with Crippen LogP contribution in [0.25, 0.3) is 0 Å². The van der Waals surface area contributed by atoms with Crippen molar-refractivity contribution in [2.24, 2.45) is 5.92 Å². The molecule has 0 fully saturated rings. The number of amides is 1. The molecule has 0 heterocycles. The van der Waals surface area contributed by atoms with E-state index in [1.807, 2.05) is 20.8 Å². The van der Waals surface area contributed by atoms with Crippen molar-refractivity contribution in [3.8, 4) is 0 Å². The fourth-order valence-electron chi connectivity index (χ4n) is 1.27. The Morgan fingerprint density at radius 1 is 1.36 bits per heavy atom. The minimum atomic E-state index is 0.0161. The van der Waals surface area contributed by atoms with Crippen LogP contribution in [0.4, 0.5) is 0 Å². The van der Waals surface area contributed by atoms with Crippen molar-refractivity contribution < 1.29 is 9.53 Å². The summed E-state index contributed by atoms with van der Waals surface area (Å²) >= 11 is 0. The van der Waals surface area contributed by atoms with Crippen LogP contribution < -0.4 is 5.32 Å². The predicted molar refractivity (Wildman–Crippen MR) is 58.2 cm³/mol. The third-order valence-electron chi connectivity index (χ3n) is 1.99. The maximum atomic E-state index is 11.6. The minimum absolute atomic E-state index is 0.0161. The standard InChI is InChI=1S/C11H23NO2/c1-5-7-10(8-14-9(3)4)11(13)12-6-2/h9-10H,5-8H2,1-4H3,(H,12,13). The molecule has 0 spiro atoms. The van der Waals surface area contributed by atoms with Crippen LogP contribution in [0.3, 0.4) is 0 Å². The molecule has 1 atom stereocenters. The van der Waals surface area contributed by atoms with Gasteiger partial charge in [-0.25, -0.2) is 0 Å². The van der Waals surface area contributed by atoms with E-state index in [2.05, 4.69) is 12.2 Å². The van der Waals surface area contributed by atoms with Crippen LogP contribution in [0.2, 0.25) is 0 Å². The number of hydrogen-bond acceptors (Lipinski definition) is 2. The lowest BCUT2D eigenvalue weighted by molar-refractivity contribution is -0.127. The van der Waals surface area contributed by atoms with Gasteiger partial charge in [0.15, 0.2) is 0 Å². The maximum Gasteiger partial charge on any atom is 0.225 e. The molecule has 1 amide bonds. The molecule has 0 saturated heterocycles. The SMILES string of the molecule is CCCC(COC(C)C)C(=O)NCC. The number of nitrogens with one attached hydrogen (secondary N) is 1. The van der Waals surface area contributed by atoms with Crippen LogP contribution in [0, 0.1) is 5.92 Å². The quantitative estimate of drug-likeness (QED) is 0.684. The Morgan fingerprint density at radius 3 is 2.43 bits per heavy atom. The summed E-state index contributed by atoms with van der Waals surface area (Å²) in [7, 11) is 0. The van der Waals surface area contributed by atoms with Crippen LogP contribution in [0.15, 0.2) is 0 Å². The van der Waals surface area contributed by atoms with Gasteiger partial charge in [-0.05, 0) is 27.2 Å². The zero-order valence-electron chi connectivity index (χ0n) is 9.80. The first-order valence-electron chi connectivity index (χ1n) is 5.51. The molecular formula is C11H23NO2. The van der Waals surface area contributed by atoms with E-state index in [1.54, 1.807) is 0 Å². The van der Waals surface area contributed by atoms with Crippen LogP contribution >= 0.6 is 0 Å². The molecule has 0 aliphatic heterocycles. The summed E-state index contributed by atoms with van der Waals surface area (Å²) in [6.45, 7) is 9.23. The highest BCUT2D eigenvalue weighted by Crippen LogP contribution is 2.08. The topological polar surface area (TPSA) is 38.3 Å². The van der Waals surface area contributed by atoms with Gasteiger partial charge in [-0.15, -0.1) is 0 Å². The zero-order chi connectivity index (χ0) is 11.0. The molecule has 1 N–H and O–H groups in total. The normalized spacial score (nSPS) is 12.9. The smallest absolute Gasteiger partial charge is 0.225 e. The summed E-state index contributed by atoms with van der Waals surface area (Å²) in [6, 6.07) is 0. The molecule has 0 aliphatic carbocycles. The summed E-state index contributed by atoms with van der Waals surface area (Å²) < 4.78 is 5.46. The molecule has 0 aliphatic rings. The molecule has 3 heteroatoms. The molecule has 0 aromatic carbocycles. The number of carbonyl (C=O) groups is 1. The molecular weight excluding hydrogens is 178 g/mol. The molecule has 14 heavy (non-hydrogen) atoms. The van der Waals surface area contributed by atoms with E-state index in [0.29, 0.717) is 13.2 Å². The summed E-state index contributed by atoms with van der Waals surface area (Å²) in [4.78, 5) is 11.6. The summed E-state index contributed by atoms with van der Waals surface area (Å²) in [5.41, 5.74) is 0. The molecule has 0 bridgehead atoms. The molecule has 0 rings (SSSR count). The third kappa shape index (κ3) is 5.97. The Morgan fingerprint density at radius 2 is 2.00 bits per heavy atom. The molecule has 0 radical (unpaired) electrons. The lowest BCUT2D eigenvalue weighted by atomic mass is 10.0. The van der Waals surface area contributed by atoms with E-state index >= 15 is 0 Å². The Labute approximate surface area is 87.2 Å². The second kappa shape index (κ2) is 7.80. The van der Waals surface area contributed by atoms with Gasteiger partial charge in [0.05, 0.1) is 18.6 Å². The van der Waals surface area contributed by atoms with Crippen LogP contribution in [0.5, 0.6) is 0 Å². The highest BCUT2D eigenvalue weighted by molar-refractivity contribution is 5.78. The predicted octanol–water partition coefficient (Wildman–Crippen LogP) is 1.96. The van der Waals surface area contributed by atoms with Crippen molar-refractivity contribution >= 4 is 5.91 Å². The van der Waals surface area contributed by atoms with Crippen molar-refractivity contribution in [3.05, 3.63) is 0 Å². The van der Waals surface area contributed by atoms with Gasteiger partial charge in [0.2, 0.25) is 5.91 Å². The van der Waals surface area contributed by atoms with Crippen LogP contribution in [0.1, 0.15) is 40.5 Å². The van der Waals surface area contributed by atoms with E-state index in [-0.39, 0.29) is 17.9 Å². The Kier molecular flexibility index (Phi) is 7.48. The minimum Gasteiger partial charge on any atom is -0.378 e. The van der Waals surface area contributed by atoms with Gasteiger partial charge in [-0.3, -0.25) is 4.79 Å². The lowest BCUT2D eigenvalue weighted by Crippen LogP contribution is -2.33. The van der Waals surface area contributed by atoms with Gasteiger partial charge >= 0.3 is 0 Å². The van der Waals surface area contributed by atoms with Gasteiger partial charge in [0, 0.05) is 6.54 Å². The lowest BCUT2D eigenvalue weighted by Gasteiger charge is -2.17. The van der Waals surface area contributed by atoms with E-state index in [4.69, 9.17) is 4.74 Å². The van der Waals surface area contributed by atoms with E-state index in [1.165, 1.54) is 0 Å². The Hall–Kier alpha value is -0.570. The molecule has 1 unspecified atom stereocenters. The van der Waals surface area contributed by atoms with Gasteiger partial charge in [0.1, 0.15) is 0 Å². The highest BCUT2D eigenvalue weighted by Gasteiger charge is 2.17. The summed E-state index contributed by atoms with van der Waals surface area (Å²) in [6.07, 6.45) is 2.12. The third-order valence-corrected chi connectivity index (χ3v) is 1.99. The molecule has 84 valence electrons. The number of rotatable bonds is 7. The Bertz CT molecular complexity index is 157. The maximum absolute atomic E-state index is 11.6. The average Bonchev–Trinajstić information content (AvgIpc) is 2.12. The first-order chi connectivity index (χ1) is 6.61. The van der Waals surface area contributed by atoms with Gasteiger partial charge in [0.25, 0.3) is 0 Å². The van der Waals surface area contributed by atoms with Crippen molar-refractivity contribution in [1.82, 2.24) is 5.32 Å². The Balaban J connectivity index is 3.93. The van der Waals surface area contributed by atoms with Gasteiger partial charge in [-0.2, -0.15) is 0 Å². The molecule has 3 nitrogen and oxygen atoms in total. The number of carbonyl (C=O) groups excluding carboxylic acids is 1. The van der Waals surface area contributed by atoms with Crippen molar-refractivity contribution in [1.29, 1.82) is 0 Å². The first-order valence-corrected chi connectivity index (χ1v) is 5.51. The summed E-state index contributed by atoms with van der Waals surface area (Å²) in [5.74, 6) is 0.136. The number of ether oxygens (including phenoxy) is 1. The fourth-order valence-corrected chi connectivity index (χ4v) is 1.27. The van der Waals surface area contributed by atoms with Gasteiger partial charge in [-0.1, -0.05) is 13.3 Å². The molecule has 0 aromatic rings. The highest BCUT2D eigenvalue weighted by atomic mass is 16.5. The largest absolute Gasteiger partial charge is 0.378 e. The van der Waals surface area contributed by atoms with E-state index in [0.717, 1.165) is 12.8 Å². The zero-order valence-corrected chi connectivity index (χ0v) is 9.80. The first kappa shape index (κ1) is 13.4. The van der Waals surface area contributed by atoms with Crippen molar-refractivity contribution in [2.75, 3.05) is 13.2 Å². The molecule has 0 saturated carbocycles. The van der Waals surface area contributed by atoms with Crippen molar-refractivity contribution in [3.63, 3.8) is 0 Å². The van der Waals surface area contributed by atoms with Crippen LogP contribution in [-0.2, 0) is 9.53 Å². The van der Waals surface area contributed by atoms with Crippen LogP contribution in [-0.4, -0.2) is 25.2 Å². The average molecular weight is 201 g/mol. The van der Waals surface area contributed by atoms with E-state index in [9.17, 15) is 4.79 Å². The second-order valence-corrected chi connectivity index (χ2v) is 3.76. The second-order valence-electron chi connectivity index (χ2n) is 3.76. The number of hydrogen-bond donors (Lipinski definition) is 1. The van der Waals surface area contributed by atoms with Gasteiger partial charge < -0.3 is 10.1 Å². The summed E-state index contributed by atoms with van der Waals surface area (Å²) in [5, 5.41) is 2.84. The van der Waals surface area contributed by atoms with E-state index < -0.39 is 0 Å². The van der Waals surface area contributed by atoms with Crippen molar-refractivity contribution in [2.45, 2.75) is 46.6 Å².